The van der Waals surface area contributed by atoms with Crippen molar-refractivity contribution in [2.75, 3.05) is 6.61 Å². The van der Waals surface area contributed by atoms with Crippen LogP contribution in [0.2, 0.25) is 0 Å². The minimum Gasteiger partial charge on any atom is -0.394 e. The summed E-state index contributed by atoms with van der Waals surface area (Å²) >= 11 is 0. The lowest BCUT2D eigenvalue weighted by atomic mass is 10.0. The van der Waals surface area contributed by atoms with Gasteiger partial charge in [0, 0.05) is 0 Å². The zero-order valence-corrected chi connectivity index (χ0v) is 41.5. The van der Waals surface area contributed by atoms with Crippen LogP contribution in [-0.4, -0.2) is 46.1 Å². The van der Waals surface area contributed by atoms with E-state index in [0.29, 0.717) is 6.42 Å². The van der Waals surface area contributed by atoms with Crippen LogP contribution >= 0.6 is 0 Å². The van der Waals surface area contributed by atoms with Gasteiger partial charge in [-0.3, -0.25) is 4.79 Å². The molecule has 0 aromatic rings. The number of allylic oxidation sites excluding steroid dienone is 7. The van der Waals surface area contributed by atoms with Crippen LogP contribution in [0.15, 0.2) is 48.6 Å². The molecule has 3 atom stereocenters. The summed E-state index contributed by atoms with van der Waals surface area (Å²) < 4.78 is 0. The van der Waals surface area contributed by atoms with E-state index >= 15 is 0 Å². The average molecular weight is 870 g/mol. The highest BCUT2D eigenvalue weighted by Crippen LogP contribution is 2.17. The standard InChI is InChI=1S/C57H107NO4/c1-3-5-7-9-11-13-15-17-18-19-20-21-22-23-24-25-26-27-28-29-30-31-32-33-34-35-36-37-38-39-40-42-44-46-48-50-54(60)52-57(62)58-55(53-59)56(61)51-49-47-45-43-41-16-14-12-10-8-6-4-2/h10,12,27-28,41,43,49,51,54-56,59-61H,3-9,11,13-26,29-40,42,44-48,50,52-53H2,1-2H3,(H,58,62)/b12-10+,28-27-,43-41+,51-49+. The Hall–Kier alpha value is -1.69. The van der Waals surface area contributed by atoms with Gasteiger partial charge in [-0.15, -0.1) is 0 Å². The van der Waals surface area contributed by atoms with Crippen LogP contribution in [0.4, 0.5) is 0 Å². The fourth-order valence-corrected chi connectivity index (χ4v) is 8.36. The summed E-state index contributed by atoms with van der Waals surface area (Å²) in [5.41, 5.74) is 0. The highest BCUT2D eigenvalue weighted by atomic mass is 16.3. The van der Waals surface area contributed by atoms with Gasteiger partial charge >= 0.3 is 0 Å². The molecule has 5 nitrogen and oxygen atoms in total. The molecule has 0 aliphatic rings. The van der Waals surface area contributed by atoms with Gasteiger partial charge in [0.15, 0.2) is 0 Å². The van der Waals surface area contributed by atoms with Crippen LogP contribution in [0.3, 0.4) is 0 Å². The van der Waals surface area contributed by atoms with Gasteiger partial charge in [-0.1, -0.05) is 262 Å². The summed E-state index contributed by atoms with van der Waals surface area (Å²) in [5.74, 6) is -0.329. The van der Waals surface area contributed by atoms with Crippen molar-refractivity contribution in [1.82, 2.24) is 5.32 Å². The van der Waals surface area contributed by atoms with Crippen molar-refractivity contribution in [3.05, 3.63) is 48.6 Å². The van der Waals surface area contributed by atoms with E-state index in [2.05, 4.69) is 55.6 Å². The second-order valence-corrected chi connectivity index (χ2v) is 18.8. The van der Waals surface area contributed by atoms with Gasteiger partial charge in [0.05, 0.1) is 31.3 Å². The Morgan fingerprint density at radius 3 is 1.08 bits per heavy atom. The fourth-order valence-electron chi connectivity index (χ4n) is 8.36. The lowest BCUT2D eigenvalue weighted by Gasteiger charge is -2.21. The molecule has 364 valence electrons. The van der Waals surface area contributed by atoms with Crippen molar-refractivity contribution < 1.29 is 20.1 Å². The maximum atomic E-state index is 12.5. The second kappa shape index (κ2) is 51.9. The maximum Gasteiger partial charge on any atom is 0.222 e. The van der Waals surface area contributed by atoms with E-state index in [1.807, 2.05) is 6.08 Å². The number of aliphatic hydroxyl groups is 3. The maximum absolute atomic E-state index is 12.5. The number of carbonyl (C=O) groups excluding carboxylic acids is 1. The average Bonchev–Trinajstić information content (AvgIpc) is 3.27. The topological polar surface area (TPSA) is 89.8 Å². The normalized spacial score (nSPS) is 13.7. The highest BCUT2D eigenvalue weighted by molar-refractivity contribution is 5.76. The first-order valence-corrected chi connectivity index (χ1v) is 27.4. The largest absolute Gasteiger partial charge is 0.394 e. The van der Waals surface area contributed by atoms with Crippen molar-refractivity contribution in [2.45, 2.75) is 302 Å². The molecule has 5 heteroatoms. The zero-order chi connectivity index (χ0) is 45.1. The molecule has 0 radical (unpaired) electrons. The molecule has 0 saturated carbocycles. The smallest absolute Gasteiger partial charge is 0.222 e. The number of hydrogen-bond donors (Lipinski definition) is 4. The molecule has 3 unspecified atom stereocenters. The predicted molar refractivity (Wildman–Crippen MR) is 273 cm³/mol. The van der Waals surface area contributed by atoms with E-state index in [1.54, 1.807) is 6.08 Å². The molecule has 0 aromatic carbocycles. The summed E-state index contributed by atoms with van der Waals surface area (Å²) in [6, 6.07) is -0.767. The number of hydrogen-bond acceptors (Lipinski definition) is 4. The Morgan fingerprint density at radius 1 is 0.403 bits per heavy atom. The molecule has 0 aliphatic heterocycles. The van der Waals surface area contributed by atoms with Gasteiger partial charge in [0.25, 0.3) is 0 Å². The van der Waals surface area contributed by atoms with E-state index in [1.165, 1.54) is 218 Å². The van der Waals surface area contributed by atoms with Crippen molar-refractivity contribution in [3.63, 3.8) is 0 Å². The minimum absolute atomic E-state index is 0.00277. The van der Waals surface area contributed by atoms with E-state index in [4.69, 9.17) is 0 Å². The molecule has 62 heavy (non-hydrogen) atoms. The molecule has 1 amide bonds. The zero-order valence-electron chi connectivity index (χ0n) is 41.5. The summed E-state index contributed by atoms with van der Waals surface area (Å²) in [6.45, 7) is 4.16. The molecular weight excluding hydrogens is 763 g/mol. The first kappa shape index (κ1) is 60.3. The minimum atomic E-state index is -0.959. The van der Waals surface area contributed by atoms with E-state index in [0.717, 1.165) is 38.5 Å². The third-order valence-electron chi connectivity index (χ3n) is 12.6. The molecule has 0 aromatic heterocycles. The van der Waals surface area contributed by atoms with Crippen LogP contribution in [0.1, 0.15) is 284 Å². The van der Waals surface area contributed by atoms with Crippen LogP contribution in [0.5, 0.6) is 0 Å². The molecule has 0 rings (SSSR count). The predicted octanol–water partition coefficient (Wildman–Crippen LogP) is 16.8. The van der Waals surface area contributed by atoms with Crippen LogP contribution in [0.25, 0.3) is 0 Å². The number of nitrogens with one attached hydrogen (secondary N) is 1. The number of amides is 1. The van der Waals surface area contributed by atoms with E-state index < -0.39 is 18.2 Å². The summed E-state index contributed by atoms with van der Waals surface area (Å²) in [6.07, 6.45) is 68.9. The number of carbonyl (C=O) groups is 1. The van der Waals surface area contributed by atoms with Gasteiger partial charge in [-0.05, 0) is 64.2 Å². The van der Waals surface area contributed by atoms with Crippen molar-refractivity contribution in [1.29, 1.82) is 0 Å². The molecule has 0 fully saturated rings. The number of aliphatic hydroxyl groups excluding tert-OH is 3. The molecule has 0 heterocycles. The Labute approximate surface area is 387 Å². The molecule has 0 aliphatic carbocycles. The third kappa shape index (κ3) is 47.8. The van der Waals surface area contributed by atoms with E-state index in [-0.39, 0.29) is 18.9 Å². The summed E-state index contributed by atoms with van der Waals surface area (Å²) in [4.78, 5) is 12.5. The number of rotatable bonds is 50. The summed E-state index contributed by atoms with van der Waals surface area (Å²) in [5, 5.41) is 33.2. The molecule has 0 bridgehead atoms. The Morgan fingerprint density at radius 2 is 0.710 bits per heavy atom. The molecular formula is C57H107NO4. The molecule has 4 N–H and O–H groups in total. The van der Waals surface area contributed by atoms with Crippen LogP contribution < -0.4 is 5.32 Å². The lowest BCUT2D eigenvalue weighted by Crippen LogP contribution is -2.45. The van der Waals surface area contributed by atoms with Crippen molar-refractivity contribution in [3.8, 4) is 0 Å². The van der Waals surface area contributed by atoms with Crippen LogP contribution in [-0.2, 0) is 4.79 Å². The first-order valence-electron chi connectivity index (χ1n) is 27.4. The summed E-state index contributed by atoms with van der Waals surface area (Å²) in [7, 11) is 0. The lowest BCUT2D eigenvalue weighted by molar-refractivity contribution is -0.124. The first-order chi connectivity index (χ1) is 30.5. The van der Waals surface area contributed by atoms with Gasteiger partial charge < -0.3 is 20.6 Å². The van der Waals surface area contributed by atoms with Crippen LogP contribution in [0, 0.1) is 0 Å². The molecule has 0 spiro atoms. The highest BCUT2D eigenvalue weighted by Gasteiger charge is 2.20. The van der Waals surface area contributed by atoms with Gasteiger partial charge in [-0.25, -0.2) is 0 Å². The second-order valence-electron chi connectivity index (χ2n) is 18.8. The Balaban J connectivity index is 3.49. The third-order valence-corrected chi connectivity index (χ3v) is 12.6. The fraction of sp³-hybridized carbons (Fsp3) is 0.842. The Bertz CT molecular complexity index is 1000. The Kier molecular flexibility index (Phi) is 50.5. The van der Waals surface area contributed by atoms with Gasteiger partial charge in [-0.2, -0.15) is 0 Å². The van der Waals surface area contributed by atoms with Crippen molar-refractivity contribution in [2.24, 2.45) is 0 Å². The van der Waals surface area contributed by atoms with Gasteiger partial charge in [0.2, 0.25) is 5.91 Å². The molecule has 0 saturated heterocycles. The van der Waals surface area contributed by atoms with Gasteiger partial charge in [0.1, 0.15) is 0 Å². The van der Waals surface area contributed by atoms with Crippen molar-refractivity contribution >= 4 is 5.91 Å². The quantitative estimate of drug-likeness (QED) is 0.0362. The van der Waals surface area contributed by atoms with E-state index in [9.17, 15) is 20.1 Å². The monoisotopic (exact) mass is 870 g/mol. The number of unbranched alkanes of at least 4 members (excludes halogenated alkanes) is 35. The SMILES string of the molecule is CCCC/C=C/CC/C=C/CC/C=C/C(O)C(CO)NC(=O)CC(O)CCCCCCCCCCCCCCCCC/C=C\CCCCCCCCCCCCCCCCCC.